The second-order valence-corrected chi connectivity index (χ2v) is 13.9. The minimum Gasteiger partial charge on any atom is -0.496 e. The van der Waals surface area contributed by atoms with Crippen molar-refractivity contribution in [2.45, 2.75) is 59.2 Å². The number of hydrogen-bond donors (Lipinski definition) is 0. The van der Waals surface area contributed by atoms with E-state index >= 15 is 0 Å². The minimum absolute atomic E-state index is 0.0162. The van der Waals surface area contributed by atoms with Gasteiger partial charge in [0.25, 0.3) is 11.8 Å². The summed E-state index contributed by atoms with van der Waals surface area (Å²) in [6.45, 7) is 11.1. The molecule has 2 fully saturated rings. The summed E-state index contributed by atoms with van der Waals surface area (Å²) < 4.78 is 10.3. The maximum Gasteiger partial charge on any atom is 0.257 e. The van der Waals surface area contributed by atoms with Gasteiger partial charge in [0.05, 0.1) is 24.6 Å². The Balaban J connectivity index is 1.13. The lowest BCUT2D eigenvalue weighted by molar-refractivity contribution is -0.123. The third-order valence-electron chi connectivity index (χ3n) is 8.84. The first-order valence-electron chi connectivity index (χ1n) is 16.4. The van der Waals surface area contributed by atoms with Gasteiger partial charge in [0, 0.05) is 67.7 Å². The van der Waals surface area contributed by atoms with E-state index in [1.807, 2.05) is 76.3 Å². The highest BCUT2D eigenvalue weighted by Gasteiger charge is 2.32. The third kappa shape index (κ3) is 7.43. The number of ether oxygens (including phenoxy) is 1. The van der Waals surface area contributed by atoms with Gasteiger partial charge in [-0.15, -0.1) is 5.10 Å². The molecular weight excluding hydrogens is 660 g/mol. The molecule has 0 saturated carbocycles. The van der Waals surface area contributed by atoms with Crippen molar-refractivity contribution in [1.82, 2.24) is 34.6 Å². The van der Waals surface area contributed by atoms with Crippen LogP contribution in [0.3, 0.4) is 0 Å². The average molecular weight is 704 g/mol. The van der Waals surface area contributed by atoms with Crippen molar-refractivity contribution < 1.29 is 14.3 Å². The fourth-order valence-corrected chi connectivity index (χ4v) is 6.76. The van der Waals surface area contributed by atoms with Crippen molar-refractivity contribution in [3.63, 3.8) is 0 Å². The standard InChI is InChI=1S/C35H43BrN8O3/c1-24(2)20-42-23-30(33(38-42)29-19-25(3)8-13-32(29)47-4)34(45)41-15-6-14-40(17-18-41)21-27-22-44(39-37-27)31-7-5-16-43(35(31)46)28-11-9-26(36)10-12-28/h8-13,19,22-24,31H,5-7,14-18,20-21H2,1-4H3. The second-order valence-electron chi connectivity index (χ2n) is 12.9. The summed E-state index contributed by atoms with van der Waals surface area (Å²) in [5, 5.41) is 13.7. The first kappa shape index (κ1) is 32.9. The van der Waals surface area contributed by atoms with E-state index in [9.17, 15) is 9.59 Å². The number of amides is 2. The molecule has 4 aromatic rings. The van der Waals surface area contributed by atoms with E-state index in [2.05, 4.69) is 45.0 Å². The van der Waals surface area contributed by atoms with Crippen LogP contribution in [0.15, 0.2) is 59.3 Å². The van der Waals surface area contributed by atoms with E-state index in [0.29, 0.717) is 55.6 Å². The molecule has 2 aromatic carbocycles. The number of piperidine rings is 1. The molecule has 0 spiro atoms. The van der Waals surface area contributed by atoms with Crippen LogP contribution in [0.2, 0.25) is 0 Å². The molecule has 1 atom stereocenters. The van der Waals surface area contributed by atoms with Crippen LogP contribution in [0.25, 0.3) is 11.3 Å². The predicted molar refractivity (Wildman–Crippen MR) is 184 cm³/mol. The van der Waals surface area contributed by atoms with Crippen LogP contribution in [0.1, 0.15) is 60.8 Å². The number of methoxy groups -OCH3 is 1. The molecule has 2 amide bonds. The Morgan fingerprint density at radius 3 is 2.60 bits per heavy atom. The Hall–Kier alpha value is -4.03. The molecule has 2 aromatic heterocycles. The summed E-state index contributed by atoms with van der Waals surface area (Å²) >= 11 is 3.47. The first-order valence-corrected chi connectivity index (χ1v) is 17.2. The van der Waals surface area contributed by atoms with Gasteiger partial charge < -0.3 is 14.5 Å². The molecule has 1 unspecified atom stereocenters. The molecule has 0 radical (unpaired) electrons. The van der Waals surface area contributed by atoms with E-state index in [4.69, 9.17) is 9.84 Å². The summed E-state index contributed by atoms with van der Waals surface area (Å²) in [4.78, 5) is 33.7. The van der Waals surface area contributed by atoms with E-state index in [1.165, 1.54) is 0 Å². The van der Waals surface area contributed by atoms with Gasteiger partial charge in [-0.2, -0.15) is 5.10 Å². The number of carbonyl (C=O) groups is 2. The van der Waals surface area contributed by atoms with Crippen molar-refractivity contribution in [2.24, 2.45) is 5.92 Å². The number of nitrogens with zero attached hydrogens (tertiary/aromatic N) is 8. The number of aryl methyl sites for hydroxylation is 1. The second kappa shape index (κ2) is 14.4. The maximum absolute atomic E-state index is 14.1. The summed E-state index contributed by atoms with van der Waals surface area (Å²) in [6, 6.07) is 13.4. The molecule has 4 heterocycles. The number of halogens is 1. The molecule has 248 valence electrons. The van der Waals surface area contributed by atoms with Gasteiger partial charge in [0.1, 0.15) is 17.5 Å². The Morgan fingerprint density at radius 2 is 1.83 bits per heavy atom. The van der Waals surface area contributed by atoms with Crippen LogP contribution >= 0.6 is 15.9 Å². The quantitative estimate of drug-likeness (QED) is 0.224. The van der Waals surface area contributed by atoms with Gasteiger partial charge in [-0.05, 0) is 68.5 Å². The molecule has 0 aliphatic carbocycles. The molecule has 0 bridgehead atoms. The minimum atomic E-state index is -0.372. The Morgan fingerprint density at radius 1 is 1.02 bits per heavy atom. The van der Waals surface area contributed by atoms with Crippen LogP contribution in [0, 0.1) is 12.8 Å². The van der Waals surface area contributed by atoms with Gasteiger partial charge in [0.15, 0.2) is 0 Å². The van der Waals surface area contributed by atoms with Crippen molar-refractivity contribution in [3.05, 3.63) is 76.2 Å². The van der Waals surface area contributed by atoms with Gasteiger partial charge in [-0.3, -0.25) is 19.2 Å². The van der Waals surface area contributed by atoms with Crippen LogP contribution in [0.4, 0.5) is 5.69 Å². The van der Waals surface area contributed by atoms with Crippen LogP contribution < -0.4 is 9.64 Å². The van der Waals surface area contributed by atoms with Crippen LogP contribution in [-0.2, 0) is 17.9 Å². The fourth-order valence-electron chi connectivity index (χ4n) is 6.50. The van der Waals surface area contributed by atoms with Crippen LogP contribution in [-0.4, -0.2) is 86.2 Å². The van der Waals surface area contributed by atoms with E-state index in [-0.39, 0.29) is 17.9 Å². The molecule has 2 saturated heterocycles. The van der Waals surface area contributed by atoms with E-state index in [1.54, 1.807) is 11.8 Å². The van der Waals surface area contributed by atoms with Crippen molar-refractivity contribution in [3.8, 4) is 17.0 Å². The summed E-state index contributed by atoms with van der Waals surface area (Å²) in [5.41, 5.74) is 4.88. The normalized spacial score (nSPS) is 17.7. The van der Waals surface area contributed by atoms with E-state index < -0.39 is 0 Å². The Kier molecular flexibility index (Phi) is 10.1. The largest absolute Gasteiger partial charge is 0.496 e. The SMILES string of the molecule is COc1ccc(C)cc1-c1nn(CC(C)C)cc1C(=O)N1CCCN(Cc2cn(C3CCCN(c4ccc(Br)cc4)C3=O)nn2)CC1. The first-order chi connectivity index (χ1) is 22.7. The molecule has 11 nitrogen and oxygen atoms in total. The van der Waals surface area contributed by atoms with Gasteiger partial charge >= 0.3 is 0 Å². The number of benzene rings is 2. The number of carbonyl (C=O) groups excluding carboxylic acids is 2. The van der Waals surface area contributed by atoms with E-state index in [0.717, 1.165) is 59.3 Å². The molecule has 6 rings (SSSR count). The van der Waals surface area contributed by atoms with Gasteiger partial charge in [0.2, 0.25) is 0 Å². The topological polar surface area (TPSA) is 102 Å². The Bertz CT molecular complexity index is 1720. The number of hydrogen-bond acceptors (Lipinski definition) is 7. The lowest BCUT2D eigenvalue weighted by atomic mass is 10.0. The molecule has 12 heteroatoms. The van der Waals surface area contributed by atoms with Gasteiger partial charge in [-0.25, -0.2) is 4.68 Å². The van der Waals surface area contributed by atoms with Crippen molar-refractivity contribution in [1.29, 1.82) is 0 Å². The molecule has 2 aliphatic heterocycles. The number of aromatic nitrogens is 5. The highest BCUT2D eigenvalue weighted by molar-refractivity contribution is 9.10. The third-order valence-corrected chi connectivity index (χ3v) is 9.37. The predicted octanol–water partition coefficient (Wildman–Crippen LogP) is 5.59. The highest BCUT2D eigenvalue weighted by Crippen LogP contribution is 2.33. The number of rotatable bonds is 9. The zero-order chi connectivity index (χ0) is 33.1. The lowest BCUT2D eigenvalue weighted by Gasteiger charge is -2.32. The van der Waals surface area contributed by atoms with Crippen molar-refractivity contribution in [2.75, 3.05) is 44.7 Å². The monoisotopic (exact) mass is 702 g/mol. The maximum atomic E-state index is 14.1. The number of anilines is 1. The van der Waals surface area contributed by atoms with Crippen LogP contribution in [0.5, 0.6) is 5.75 Å². The lowest BCUT2D eigenvalue weighted by Crippen LogP contribution is -2.42. The van der Waals surface area contributed by atoms with Gasteiger partial charge in [-0.1, -0.05) is 46.6 Å². The zero-order valence-corrected chi connectivity index (χ0v) is 29.2. The smallest absolute Gasteiger partial charge is 0.257 e. The average Bonchev–Trinajstić information content (AvgIpc) is 3.62. The fraction of sp³-hybridized carbons (Fsp3) is 0.457. The molecular formula is C35H43BrN8O3. The highest BCUT2D eigenvalue weighted by atomic mass is 79.9. The molecule has 2 aliphatic rings. The molecule has 47 heavy (non-hydrogen) atoms. The summed E-state index contributed by atoms with van der Waals surface area (Å²) in [7, 11) is 1.65. The summed E-state index contributed by atoms with van der Waals surface area (Å²) in [5.74, 6) is 1.11. The summed E-state index contributed by atoms with van der Waals surface area (Å²) in [6.07, 6.45) is 6.27. The zero-order valence-electron chi connectivity index (χ0n) is 27.6. The Labute approximate surface area is 284 Å². The van der Waals surface area contributed by atoms with Crippen molar-refractivity contribution >= 4 is 33.4 Å². The molecule has 0 N–H and O–H groups in total.